The fraction of sp³-hybridized carbons (Fsp3) is 0.200. The minimum Gasteiger partial charge on any atom is -0.471 e. The van der Waals surface area contributed by atoms with Crippen molar-refractivity contribution >= 4 is 23.2 Å². The average molecular weight is 422 g/mol. The van der Waals surface area contributed by atoms with E-state index in [2.05, 4.69) is 15.2 Å². The Kier molecular flexibility index (Phi) is 6.33. The molecule has 1 aromatic heterocycles. The van der Waals surface area contributed by atoms with Crippen LogP contribution < -0.4 is 14.8 Å². The summed E-state index contributed by atoms with van der Waals surface area (Å²) in [6, 6.07) is 11.3. The first kappa shape index (κ1) is 20.6. The lowest BCUT2D eigenvalue weighted by Crippen LogP contribution is -2.16. The maximum Gasteiger partial charge on any atom is 0.387 e. The Balaban J connectivity index is 1.67. The van der Waals surface area contributed by atoms with Gasteiger partial charge in [-0.3, -0.25) is 4.79 Å². The number of hydrogen-bond donors (Lipinski definition) is 1. The van der Waals surface area contributed by atoms with Gasteiger partial charge in [-0.25, -0.2) is 4.68 Å². The average Bonchev–Trinajstić information content (AvgIpc) is 3.12. The number of aryl methyl sites for hydroxylation is 2. The maximum absolute atomic E-state index is 12.6. The van der Waals surface area contributed by atoms with Crippen LogP contribution in [0.3, 0.4) is 0 Å². The molecule has 0 bridgehead atoms. The zero-order valence-electron chi connectivity index (χ0n) is 15.7. The SMILES string of the molecule is Cc1ccc(OC(F)F)c(NC(=O)c2ccn(COc3ccc(Cl)cc3C)n2)c1. The molecule has 1 N–H and O–H groups in total. The van der Waals surface area contributed by atoms with E-state index < -0.39 is 12.5 Å². The molecule has 0 radical (unpaired) electrons. The van der Waals surface area contributed by atoms with Crippen LogP contribution in [0.4, 0.5) is 14.5 Å². The summed E-state index contributed by atoms with van der Waals surface area (Å²) in [4.78, 5) is 12.5. The molecule has 0 saturated carbocycles. The second-order valence-electron chi connectivity index (χ2n) is 6.26. The molecule has 3 rings (SSSR count). The van der Waals surface area contributed by atoms with E-state index in [1.807, 2.05) is 6.92 Å². The van der Waals surface area contributed by atoms with Crippen LogP contribution in [0.15, 0.2) is 48.7 Å². The van der Waals surface area contributed by atoms with Crippen LogP contribution in [0.25, 0.3) is 0 Å². The van der Waals surface area contributed by atoms with Crippen LogP contribution in [-0.2, 0) is 6.73 Å². The Morgan fingerprint density at radius 2 is 1.93 bits per heavy atom. The van der Waals surface area contributed by atoms with Crippen LogP contribution in [0.5, 0.6) is 11.5 Å². The molecular weight excluding hydrogens is 404 g/mol. The van der Waals surface area contributed by atoms with Crippen molar-refractivity contribution in [3.8, 4) is 11.5 Å². The molecule has 1 heterocycles. The topological polar surface area (TPSA) is 65.4 Å². The molecule has 152 valence electrons. The number of rotatable bonds is 7. The number of ether oxygens (including phenoxy) is 2. The zero-order valence-corrected chi connectivity index (χ0v) is 16.4. The number of halogens is 3. The third-order valence-electron chi connectivity index (χ3n) is 3.96. The largest absolute Gasteiger partial charge is 0.471 e. The molecule has 0 aliphatic carbocycles. The number of hydrogen-bond acceptors (Lipinski definition) is 4. The van der Waals surface area contributed by atoms with Crippen LogP contribution in [0.1, 0.15) is 21.6 Å². The highest BCUT2D eigenvalue weighted by atomic mass is 35.5. The number of nitrogens with zero attached hydrogens (tertiary/aromatic N) is 2. The summed E-state index contributed by atoms with van der Waals surface area (Å²) >= 11 is 5.92. The first-order chi connectivity index (χ1) is 13.8. The van der Waals surface area contributed by atoms with Gasteiger partial charge in [-0.05, 0) is 61.4 Å². The number of nitrogens with one attached hydrogen (secondary N) is 1. The first-order valence-electron chi connectivity index (χ1n) is 8.61. The van der Waals surface area contributed by atoms with Crippen molar-refractivity contribution in [2.75, 3.05) is 5.32 Å². The monoisotopic (exact) mass is 421 g/mol. The van der Waals surface area contributed by atoms with Crippen LogP contribution in [-0.4, -0.2) is 22.3 Å². The van der Waals surface area contributed by atoms with Crippen LogP contribution in [0, 0.1) is 13.8 Å². The van der Waals surface area contributed by atoms with Gasteiger partial charge in [-0.2, -0.15) is 13.9 Å². The molecule has 2 aromatic carbocycles. The van der Waals surface area contributed by atoms with Crippen molar-refractivity contribution in [2.24, 2.45) is 0 Å². The summed E-state index contributed by atoms with van der Waals surface area (Å²) in [5.41, 5.74) is 1.89. The number of benzene rings is 2. The molecule has 0 saturated heterocycles. The molecule has 1 amide bonds. The third kappa shape index (κ3) is 5.45. The molecule has 0 aliphatic rings. The first-order valence-corrected chi connectivity index (χ1v) is 8.99. The van der Waals surface area contributed by atoms with Crippen molar-refractivity contribution in [2.45, 2.75) is 27.2 Å². The van der Waals surface area contributed by atoms with Crippen molar-refractivity contribution in [1.29, 1.82) is 0 Å². The van der Waals surface area contributed by atoms with Gasteiger partial charge in [0, 0.05) is 11.2 Å². The highest BCUT2D eigenvalue weighted by Gasteiger charge is 2.15. The van der Waals surface area contributed by atoms with Gasteiger partial charge in [0.2, 0.25) is 0 Å². The Hall–Kier alpha value is -3.13. The summed E-state index contributed by atoms with van der Waals surface area (Å²) in [6.07, 6.45) is 1.58. The minimum absolute atomic E-state index is 0.0833. The summed E-state index contributed by atoms with van der Waals surface area (Å²) in [5, 5.41) is 7.30. The Bertz CT molecular complexity index is 1020. The van der Waals surface area contributed by atoms with Gasteiger partial charge in [-0.1, -0.05) is 17.7 Å². The summed E-state index contributed by atoms with van der Waals surface area (Å²) in [5.74, 6) is -0.0412. The van der Waals surface area contributed by atoms with E-state index in [4.69, 9.17) is 16.3 Å². The number of aromatic nitrogens is 2. The van der Waals surface area contributed by atoms with Gasteiger partial charge in [0.05, 0.1) is 5.69 Å². The molecule has 3 aromatic rings. The lowest BCUT2D eigenvalue weighted by atomic mass is 10.2. The Morgan fingerprint density at radius 3 is 2.66 bits per heavy atom. The van der Waals surface area contributed by atoms with Crippen molar-refractivity contribution in [3.63, 3.8) is 0 Å². The number of carbonyl (C=O) groups excluding carboxylic acids is 1. The zero-order chi connectivity index (χ0) is 21.0. The van der Waals surface area contributed by atoms with E-state index in [1.54, 1.807) is 43.5 Å². The molecule has 0 atom stereocenters. The molecule has 0 spiro atoms. The third-order valence-corrected chi connectivity index (χ3v) is 4.20. The standard InChI is InChI=1S/C20H18ClF2N3O3/c1-12-3-5-18(29-20(22)23)16(9-12)24-19(27)15-7-8-26(25-15)11-28-17-6-4-14(21)10-13(17)2/h3-10,20H,11H2,1-2H3,(H,24,27). The second kappa shape index (κ2) is 8.91. The van der Waals surface area contributed by atoms with E-state index in [0.717, 1.165) is 11.1 Å². The molecule has 0 unspecified atom stereocenters. The number of anilines is 1. The predicted octanol–water partition coefficient (Wildman–Crippen LogP) is 5.04. The van der Waals surface area contributed by atoms with Gasteiger partial charge >= 0.3 is 6.61 Å². The highest BCUT2D eigenvalue weighted by Crippen LogP contribution is 2.27. The molecule has 6 nitrogen and oxygen atoms in total. The molecular formula is C20H18ClF2N3O3. The highest BCUT2D eigenvalue weighted by molar-refractivity contribution is 6.30. The van der Waals surface area contributed by atoms with Crippen LogP contribution >= 0.6 is 11.6 Å². The summed E-state index contributed by atoms with van der Waals surface area (Å²) in [7, 11) is 0. The van der Waals surface area contributed by atoms with Gasteiger partial charge < -0.3 is 14.8 Å². The summed E-state index contributed by atoms with van der Waals surface area (Å²) in [6.45, 7) is 0.720. The lowest BCUT2D eigenvalue weighted by molar-refractivity contribution is -0.0493. The molecule has 9 heteroatoms. The van der Waals surface area contributed by atoms with E-state index in [9.17, 15) is 13.6 Å². The van der Waals surface area contributed by atoms with Crippen molar-refractivity contribution in [1.82, 2.24) is 9.78 Å². The van der Waals surface area contributed by atoms with E-state index in [0.29, 0.717) is 10.8 Å². The number of amides is 1. The summed E-state index contributed by atoms with van der Waals surface area (Å²) < 4.78 is 36.7. The van der Waals surface area contributed by atoms with Gasteiger partial charge in [-0.15, -0.1) is 0 Å². The fourth-order valence-corrected chi connectivity index (χ4v) is 2.82. The second-order valence-corrected chi connectivity index (χ2v) is 6.69. The van der Waals surface area contributed by atoms with Crippen molar-refractivity contribution in [3.05, 3.63) is 70.5 Å². The minimum atomic E-state index is -3.00. The molecule has 0 aliphatic heterocycles. The van der Waals surface area contributed by atoms with Crippen LogP contribution in [0.2, 0.25) is 5.02 Å². The number of alkyl halides is 2. The number of carbonyl (C=O) groups is 1. The lowest BCUT2D eigenvalue weighted by Gasteiger charge is -2.12. The van der Waals surface area contributed by atoms with E-state index >= 15 is 0 Å². The van der Waals surface area contributed by atoms with E-state index in [-0.39, 0.29) is 23.9 Å². The molecule has 29 heavy (non-hydrogen) atoms. The molecule has 0 fully saturated rings. The Labute approximate surface area is 171 Å². The van der Waals surface area contributed by atoms with E-state index in [1.165, 1.54) is 16.8 Å². The van der Waals surface area contributed by atoms with Gasteiger partial charge in [0.25, 0.3) is 5.91 Å². The smallest absolute Gasteiger partial charge is 0.387 e. The normalized spacial score (nSPS) is 10.8. The fourth-order valence-electron chi connectivity index (χ4n) is 2.59. The van der Waals surface area contributed by atoms with Crippen molar-refractivity contribution < 1.29 is 23.0 Å². The van der Waals surface area contributed by atoms with Gasteiger partial charge in [0.1, 0.15) is 11.5 Å². The maximum atomic E-state index is 12.6. The Morgan fingerprint density at radius 1 is 1.17 bits per heavy atom. The quantitative estimate of drug-likeness (QED) is 0.580. The predicted molar refractivity (Wildman–Crippen MR) is 105 cm³/mol. The van der Waals surface area contributed by atoms with Gasteiger partial charge in [0.15, 0.2) is 12.4 Å².